The van der Waals surface area contributed by atoms with E-state index in [0.717, 1.165) is 6.42 Å². The molecule has 0 aliphatic heterocycles. The number of hydrogen-bond acceptors (Lipinski definition) is 5. The minimum atomic E-state index is 0.269. The first-order chi connectivity index (χ1) is 11.2. The molecule has 0 saturated carbocycles. The molecule has 0 amide bonds. The number of nitriles is 1. The molecule has 0 aliphatic rings. The van der Waals surface area contributed by atoms with Gasteiger partial charge in [-0.25, -0.2) is 9.97 Å². The number of nitrogen functional groups attached to an aromatic ring is 2. The Bertz CT molecular complexity index is 902. The largest absolute Gasteiger partial charge is 0.384 e. The first kappa shape index (κ1) is 14.6. The Balaban J connectivity index is 1.88. The summed E-state index contributed by atoms with van der Waals surface area (Å²) in [6.45, 7) is 0.521. The first-order valence-corrected chi connectivity index (χ1v) is 7.19. The highest BCUT2D eigenvalue weighted by Crippen LogP contribution is 2.29. The van der Waals surface area contributed by atoms with Gasteiger partial charge in [-0.1, -0.05) is 42.5 Å². The third-order valence-electron chi connectivity index (χ3n) is 3.67. The highest BCUT2D eigenvalue weighted by Gasteiger charge is 2.17. The van der Waals surface area contributed by atoms with Crippen LogP contribution in [0.25, 0.3) is 11.0 Å². The van der Waals surface area contributed by atoms with Crippen molar-refractivity contribution in [2.75, 3.05) is 11.5 Å². The lowest BCUT2D eigenvalue weighted by Crippen LogP contribution is -2.03. The highest BCUT2D eigenvalue weighted by molar-refractivity contribution is 5.96. The Morgan fingerprint density at radius 1 is 1.13 bits per heavy atom. The maximum atomic E-state index is 9.30. The minimum Gasteiger partial charge on any atom is -0.384 e. The van der Waals surface area contributed by atoms with E-state index >= 15 is 0 Å². The van der Waals surface area contributed by atoms with Crippen LogP contribution in [-0.4, -0.2) is 14.5 Å². The van der Waals surface area contributed by atoms with Crippen LogP contribution >= 0.6 is 0 Å². The zero-order chi connectivity index (χ0) is 16.2. The van der Waals surface area contributed by atoms with Gasteiger partial charge in [0.25, 0.3) is 0 Å². The maximum Gasteiger partial charge on any atom is 0.148 e. The molecule has 0 unspecified atom stereocenters. The maximum absolute atomic E-state index is 9.30. The van der Waals surface area contributed by atoms with Crippen molar-refractivity contribution in [1.29, 1.82) is 5.26 Å². The third kappa shape index (κ3) is 2.72. The van der Waals surface area contributed by atoms with E-state index in [4.69, 9.17) is 11.5 Å². The zero-order valence-electron chi connectivity index (χ0n) is 12.5. The van der Waals surface area contributed by atoms with E-state index in [2.05, 4.69) is 34.2 Å². The van der Waals surface area contributed by atoms with Gasteiger partial charge in [0.1, 0.15) is 35.2 Å². The summed E-state index contributed by atoms with van der Waals surface area (Å²) in [5.41, 5.74) is 14.1. The van der Waals surface area contributed by atoms with Crippen molar-refractivity contribution < 1.29 is 0 Å². The van der Waals surface area contributed by atoms with Crippen LogP contribution < -0.4 is 11.5 Å². The van der Waals surface area contributed by atoms with Gasteiger partial charge in [0.05, 0.1) is 5.39 Å². The molecule has 0 radical (unpaired) electrons. The molecule has 0 aliphatic carbocycles. The number of aromatic nitrogens is 3. The molecule has 6 heteroatoms. The number of anilines is 2. The molecule has 6 nitrogen and oxygen atoms in total. The van der Waals surface area contributed by atoms with Crippen LogP contribution in [0.1, 0.15) is 11.1 Å². The lowest BCUT2D eigenvalue weighted by Gasteiger charge is -2.03. The number of hydrogen-bond donors (Lipinski definition) is 2. The highest BCUT2D eigenvalue weighted by atomic mass is 15.1. The number of nitrogens with zero attached hydrogens (tertiary/aromatic N) is 4. The normalized spacial score (nSPS) is 11.1. The van der Waals surface area contributed by atoms with E-state index in [-0.39, 0.29) is 5.82 Å². The van der Waals surface area contributed by atoms with E-state index in [1.54, 1.807) is 4.57 Å². The standard InChI is InChI=1S/C17H16N6/c18-10-13-14-15(19)21-11-22-17(14)23(16(13)20)9-5-4-8-12-6-2-1-3-7-12/h1-7,11H,8-9,20H2,(H2,19,21,22)/b5-4+. The number of allylic oxidation sites excluding steroid dienone is 2. The fourth-order valence-corrected chi connectivity index (χ4v) is 2.52. The smallest absolute Gasteiger partial charge is 0.148 e. The van der Waals surface area contributed by atoms with Crippen molar-refractivity contribution in [3.63, 3.8) is 0 Å². The van der Waals surface area contributed by atoms with Crippen LogP contribution in [0.5, 0.6) is 0 Å². The molecule has 0 fully saturated rings. The van der Waals surface area contributed by atoms with Gasteiger partial charge < -0.3 is 16.0 Å². The monoisotopic (exact) mass is 304 g/mol. The van der Waals surface area contributed by atoms with Crippen molar-refractivity contribution in [3.8, 4) is 6.07 Å². The average Bonchev–Trinajstić information content (AvgIpc) is 2.85. The Kier molecular flexibility index (Phi) is 3.93. The van der Waals surface area contributed by atoms with Gasteiger partial charge in [-0.3, -0.25) is 0 Å². The number of fused-ring (bicyclic) bond motifs is 1. The molecule has 0 bridgehead atoms. The lowest BCUT2D eigenvalue weighted by molar-refractivity contribution is 0.856. The average molecular weight is 304 g/mol. The summed E-state index contributed by atoms with van der Waals surface area (Å²) in [5, 5.41) is 9.82. The van der Waals surface area contributed by atoms with Crippen LogP contribution in [0.3, 0.4) is 0 Å². The third-order valence-corrected chi connectivity index (χ3v) is 3.67. The first-order valence-electron chi connectivity index (χ1n) is 7.19. The Hall–Kier alpha value is -3.33. The van der Waals surface area contributed by atoms with Crippen LogP contribution in [0.2, 0.25) is 0 Å². The molecule has 23 heavy (non-hydrogen) atoms. The van der Waals surface area contributed by atoms with Crippen molar-refractivity contribution in [1.82, 2.24) is 14.5 Å². The predicted molar refractivity (Wildman–Crippen MR) is 90.4 cm³/mol. The molecule has 114 valence electrons. The Morgan fingerprint density at radius 2 is 1.91 bits per heavy atom. The predicted octanol–water partition coefficient (Wildman–Crippen LogP) is 2.27. The van der Waals surface area contributed by atoms with E-state index in [1.807, 2.05) is 24.3 Å². The molecule has 0 atom stereocenters. The fraction of sp³-hybridized carbons (Fsp3) is 0.118. The molecular formula is C17H16N6. The van der Waals surface area contributed by atoms with Gasteiger partial charge in [-0.05, 0) is 12.0 Å². The molecule has 2 aromatic heterocycles. The van der Waals surface area contributed by atoms with Crippen LogP contribution in [0.4, 0.5) is 11.6 Å². The summed E-state index contributed by atoms with van der Waals surface area (Å²) >= 11 is 0. The van der Waals surface area contributed by atoms with Crippen molar-refractivity contribution in [2.24, 2.45) is 0 Å². The summed E-state index contributed by atoms with van der Waals surface area (Å²) < 4.78 is 1.77. The second kappa shape index (κ2) is 6.20. The topological polar surface area (TPSA) is 107 Å². The molecule has 3 rings (SSSR count). The van der Waals surface area contributed by atoms with Gasteiger partial charge in [-0.2, -0.15) is 5.26 Å². The van der Waals surface area contributed by atoms with E-state index in [1.165, 1.54) is 11.9 Å². The lowest BCUT2D eigenvalue weighted by atomic mass is 10.1. The summed E-state index contributed by atoms with van der Waals surface area (Å²) in [6.07, 6.45) is 6.28. The summed E-state index contributed by atoms with van der Waals surface area (Å²) in [4.78, 5) is 8.15. The van der Waals surface area contributed by atoms with Gasteiger partial charge in [0, 0.05) is 6.54 Å². The summed E-state index contributed by atoms with van der Waals surface area (Å²) in [7, 11) is 0. The number of benzene rings is 1. The second-order valence-electron chi connectivity index (χ2n) is 5.10. The second-order valence-corrected chi connectivity index (χ2v) is 5.10. The summed E-state index contributed by atoms with van der Waals surface area (Å²) in [6, 6.07) is 12.3. The van der Waals surface area contributed by atoms with Gasteiger partial charge in [0.2, 0.25) is 0 Å². The molecule has 0 spiro atoms. The molecule has 4 N–H and O–H groups in total. The molecular weight excluding hydrogens is 288 g/mol. The van der Waals surface area contributed by atoms with Crippen LogP contribution in [0.15, 0.2) is 48.8 Å². The summed E-state index contributed by atoms with van der Waals surface area (Å²) in [5.74, 6) is 0.629. The van der Waals surface area contributed by atoms with E-state index in [0.29, 0.717) is 29.0 Å². The van der Waals surface area contributed by atoms with E-state index in [9.17, 15) is 5.26 Å². The fourth-order valence-electron chi connectivity index (χ4n) is 2.52. The van der Waals surface area contributed by atoms with Crippen molar-refractivity contribution in [2.45, 2.75) is 13.0 Å². The number of rotatable bonds is 4. The van der Waals surface area contributed by atoms with Crippen molar-refractivity contribution >= 4 is 22.7 Å². The van der Waals surface area contributed by atoms with Crippen LogP contribution in [0, 0.1) is 11.3 Å². The Morgan fingerprint density at radius 3 is 2.65 bits per heavy atom. The van der Waals surface area contributed by atoms with Gasteiger partial charge >= 0.3 is 0 Å². The molecule has 0 saturated heterocycles. The zero-order valence-corrected chi connectivity index (χ0v) is 12.5. The quantitative estimate of drug-likeness (QED) is 0.719. The molecule has 1 aromatic carbocycles. The van der Waals surface area contributed by atoms with Crippen LogP contribution in [-0.2, 0) is 13.0 Å². The minimum absolute atomic E-state index is 0.269. The molecule has 2 heterocycles. The van der Waals surface area contributed by atoms with Gasteiger partial charge in [0.15, 0.2) is 0 Å². The Labute approximate surface area is 133 Å². The van der Waals surface area contributed by atoms with Gasteiger partial charge in [-0.15, -0.1) is 0 Å². The SMILES string of the molecule is N#Cc1c(N)n(C/C=C/Cc2ccccc2)c2ncnc(N)c12. The van der Waals surface area contributed by atoms with Crippen molar-refractivity contribution in [3.05, 3.63) is 59.9 Å². The number of nitrogens with two attached hydrogens (primary N) is 2. The van der Waals surface area contributed by atoms with E-state index < -0.39 is 0 Å². The molecule has 3 aromatic rings.